The number of unbranched alkanes of at least 4 members (excludes halogenated alkanes) is 45. The second-order valence-corrected chi connectivity index (χ2v) is 29.7. The van der Waals surface area contributed by atoms with Gasteiger partial charge in [0.1, 0.15) is 19.3 Å². The Balaban J connectivity index is 5.17. The Labute approximate surface area is 562 Å². The molecule has 0 aromatic carbocycles. The molecule has 0 radical (unpaired) electrons. The number of esters is 4. The fourth-order valence-corrected chi connectivity index (χ4v) is 12.8. The molecule has 0 aliphatic carbocycles. The van der Waals surface area contributed by atoms with E-state index in [1.54, 1.807) is 0 Å². The van der Waals surface area contributed by atoms with Crippen LogP contribution in [0.15, 0.2) is 0 Å². The number of carbonyl (C=O) groups is 4. The van der Waals surface area contributed by atoms with Crippen molar-refractivity contribution in [3.63, 3.8) is 0 Å². The van der Waals surface area contributed by atoms with Crippen LogP contribution in [0.25, 0.3) is 0 Å². The van der Waals surface area contributed by atoms with E-state index in [1.807, 2.05) is 0 Å². The summed E-state index contributed by atoms with van der Waals surface area (Å²) in [6, 6.07) is 0. The second kappa shape index (κ2) is 66.3. The Morgan fingerprint density at radius 2 is 0.500 bits per heavy atom. The maximum Gasteiger partial charge on any atom is 0.472 e. The Morgan fingerprint density at radius 1 is 0.293 bits per heavy atom. The number of aliphatic hydroxyl groups excluding tert-OH is 1. The van der Waals surface area contributed by atoms with Crippen molar-refractivity contribution in [1.29, 1.82) is 0 Å². The summed E-state index contributed by atoms with van der Waals surface area (Å²) in [5.41, 5.74) is 0. The van der Waals surface area contributed by atoms with Gasteiger partial charge in [-0.15, -0.1) is 0 Å². The van der Waals surface area contributed by atoms with Crippen molar-refractivity contribution in [2.45, 2.75) is 400 Å². The SMILES string of the molecule is CCCCCCCCCCCCCCCCCCCCCCC(=O)O[C@H](COC(=O)CCCCCCCCCCCCCCCC)COP(=O)(O)OC[C@@H](O)COP(=O)(O)OC[C@@H](COC(=O)CCCCCCCCCC)OC(=O)CCCCCCCCCC(C)C. The third-order valence-electron chi connectivity index (χ3n) is 17.0. The van der Waals surface area contributed by atoms with Crippen LogP contribution in [0.1, 0.15) is 381 Å². The van der Waals surface area contributed by atoms with E-state index in [-0.39, 0.29) is 25.7 Å². The van der Waals surface area contributed by atoms with Crippen LogP contribution < -0.4 is 0 Å². The Bertz CT molecular complexity index is 1770. The van der Waals surface area contributed by atoms with Crippen molar-refractivity contribution in [1.82, 2.24) is 0 Å². The molecule has 0 amide bonds. The average Bonchev–Trinajstić information content (AvgIpc) is 2.87. The molecule has 0 aliphatic rings. The van der Waals surface area contributed by atoms with Gasteiger partial charge in [-0.3, -0.25) is 37.3 Å². The highest BCUT2D eigenvalue weighted by Gasteiger charge is 2.30. The maximum absolute atomic E-state index is 13.1. The van der Waals surface area contributed by atoms with Crippen molar-refractivity contribution < 1.29 is 80.2 Å². The van der Waals surface area contributed by atoms with Gasteiger partial charge in [0.05, 0.1) is 26.4 Å². The van der Waals surface area contributed by atoms with Crippen molar-refractivity contribution >= 4 is 39.5 Å². The van der Waals surface area contributed by atoms with Crippen LogP contribution in [0.3, 0.4) is 0 Å². The van der Waals surface area contributed by atoms with E-state index >= 15 is 0 Å². The first-order valence-corrected chi connectivity index (χ1v) is 41.1. The molecule has 0 bridgehead atoms. The van der Waals surface area contributed by atoms with Crippen LogP contribution in [-0.4, -0.2) is 96.7 Å². The summed E-state index contributed by atoms with van der Waals surface area (Å²) in [6.07, 6.45) is 54.4. The number of carbonyl (C=O) groups excluding carboxylic acids is 4. The minimum absolute atomic E-state index is 0.104. The van der Waals surface area contributed by atoms with Crippen LogP contribution in [0.4, 0.5) is 0 Å². The number of rotatable bonds is 73. The zero-order chi connectivity index (χ0) is 67.7. The summed E-state index contributed by atoms with van der Waals surface area (Å²) < 4.78 is 68.3. The molecule has 5 atom stereocenters. The fourth-order valence-electron chi connectivity index (χ4n) is 11.2. The molecule has 0 aliphatic heterocycles. The Morgan fingerprint density at radius 3 is 0.739 bits per heavy atom. The summed E-state index contributed by atoms with van der Waals surface area (Å²) in [4.78, 5) is 72.5. The maximum atomic E-state index is 13.1. The number of hydrogen-bond donors (Lipinski definition) is 3. The zero-order valence-electron chi connectivity index (χ0n) is 59.7. The van der Waals surface area contributed by atoms with Crippen LogP contribution in [-0.2, 0) is 65.4 Å². The fraction of sp³-hybridized carbons (Fsp3) is 0.945. The van der Waals surface area contributed by atoms with Gasteiger partial charge >= 0.3 is 39.5 Å². The van der Waals surface area contributed by atoms with Gasteiger partial charge in [-0.05, 0) is 31.6 Å². The summed E-state index contributed by atoms with van der Waals surface area (Å²) in [5.74, 6) is -1.43. The second-order valence-electron chi connectivity index (χ2n) is 26.8. The summed E-state index contributed by atoms with van der Waals surface area (Å²) in [6.45, 7) is 7.18. The molecule has 0 spiro atoms. The molecule has 0 rings (SSSR count). The highest BCUT2D eigenvalue weighted by atomic mass is 31.2. The molecule has 92 heavy (non-hydrogen) atoms. The molecular formula is C73H142O17P2. The largest absolute Gasteiger partial charge is 0.472 e. The third kappa shape index (κ3) is 66.7. The number of ether oxygens (including phenoxy) is 4. The van der Waals surface area contributed by atoms with E-state index in [0.29, 0.717) is 31.6 Å². The van der Waals surface area contributed by atoms with E-state index in [1.165, 1.54) is 199 Å². The summed E-state index contributed by atoms with van der Waals surface area (Å²) in [5, 5.41) is 10.6. The number of hydrogen-bond acceptors (Lipinski definition) is 15. The monoisotopic (exact) mass is 1350 g/mol. The smallest absolute Gasteiger partial charge is 0.462 e. The highest BCUT2D eigenvalue weighted by molar-refractivity contribution is 7.47. The zero-order valence-corrected chi connectivity index (χ0v) is 61.5. The van der Waals surface area contributed by atoms with Crippen molar-refractivity contribution in [3.8, 4) is 0 Å². The van der Waals surface area contributed by atoms with Crippen LogP contribution in [0, 0.1) is 5.92 Å². The lowest BCUT2D eigenvalue weighted by molar-refractivity contribution is -0.161. The topological polar surface area (TPSA) is 237 Å². The minimum Gasteiger partial charge on any atom is -0.462 e. The molecule has 0 saturated carbocycles. The van der Waals surface area contributed by atoms with E-state index in [2.05, 4.69) is 34.6 Å². The summed E-state index contributed by atoms with van der Waals surface area (Å²) >= 11 is 0. The Hall–Kier alpha value is -1.94. The van der Waals surface area contributed by atoms with E-state index in [4.69, 9.17) is 37.0 Å². The molecule has 3 N–H and O–H groups in total. The van der Waals surface area contributed by atoms with E-state index in [0.717, 1.165) is 96.3 Å². The summed E-state index contributed by atoms with van der Waals surface area (Å²) in [7, 11) is -9.90. The molecule has 0 aromatic rings. The van der Waals surface area contributed by atoms with Gasteiger partial charge < -0.3 is 33.8 Å². The van der Waals surface area contributed by atoms with Gasteiger partial charge in [-0.1, -0.05) is 330 Å². The first-order chi connectivity index (χ1) is 44.5. The van der Waals surface area contributed by atoms with Crippen molar-refractivity contribution in [3.05, 3.63) is 0 Å². The van der Waals surface area contributed by atoms with Crippen LogP contribution >= 0.6 is 15.6 Å². The molecule has 0 aromatic heterocycles. The highest BCUT2D eigenvalue weighted by Crippen LogP contribution is 2.45. The van der Waals surface area contributed by atoms with Crippen LogP contribution in [0.2, 0.25) is 0 Å². The molecule has 0 fully saturated rings. The molecular weight excluding hydrogens is 1210 g/mol. The number of phosphoric ester groups is 2. The molecule has 17 nitrogen and oxygen atoms in total. The molecule has 546 valence electrons. The Kier molecular flexibility index (Phi) is 64.9. The quantitative estimate of drug-likeness (QED) is 0.0222. The van der Waals surface area contributed by atoms with Gasteiger partial charge in [-0.25, -0.2) is 9.13 Å². The van der Waals surface area contributed by atoms with E-state index < -0.39 is 97.5 Å². The lowest BCUT2D eigenvalue weighted by Crippen LogP contribution is -2.30. The lowest BCUT2D eigenvalue weighted by atomic mass is 10.0. The van der Waals surface area contributed by atoms with Crippen molar-refractivity contribution in [2.24, 2.45) is 5.92 Å². The third-order valence-corrected chi connectivity index (χ3v) is 18.9. The van der Waals surface area contributed by atoms with Gasteiger partial charge in [0.25, 0.3) is 0 Å². The lowest BCUT2D eigenvalue weighted by Gasteiger charge is -2.21. The predicted octanol–water partition coefficient (Wildman–Crippen LogP) is 21.3. The van der Waals surface area contributed by atoms with Gasteiger partial charge in [-0.2, -0.15) is 0 Å². The minimum atomic E-state index is -4.95. The number of aliphatic hydroxyl groups is 1. The molecule has 0 heterocycles. The standard InChI is InChI=1S/C73H142O17P2/c1-6-9-12-15-18-21-23-25-27-28-29-30-31-32-34-36-38-43-48-53-58-72(77)89-68(63-84-71(76)57-52-47-42-37-35-33-26-24-22-19-16-13-10-7-2)64-87-91(79,80)85-60-67(74)61-86-92(81,82)88-65-69(62-83-70(75)56-51-46-41-20-17-14-11-8-3)90-73(78)59-54-49-44-39-40-45-50-55-66(4)5/h66-69,74H,6-65H2,1-5H3,(H,79,80)(H,81,82)/t67-,68-,69-/m1/s1. The number of phosphoric acid groups is 2. The predicted molar refractivity (Wildman–Crippen MR) is 372 cm³/mol. The van der Waals surface area contributed by atoms with Crippen LogP contribution in [0.5, 0.6) is 0 Å². The molecule has 19 heteroatoms. The van der Waals surface area contributed by atoms with E-state index in [9.17, 15) is 43.2 Å². The first kappa shape index (κ1) is 90.1. The van der Waals surface area contributed by atoms with Crippen molar-refractivity contribution in [2.75, 3.05) is 39.6 Å². The molecule has 2 unspecified atom stereocenters. The normalized spacial score (nSPS) is 14.0. The van der Waals surface area contributed by atoms with Gasteiger partial charge in [0, 0.05) is 25.7 Å². The molecule has 0 saturated heterocycles. The first-order valence-electron chi connectivity index (χ1n) is 38.1. The average molecular weight is 1350 g/mol. The van der Waals surface area contributed by atoms with Gasteiger partial charge in [0.2, 0.25) is 0 Å². The van der Waals surface area contributed by atoms with Gasteiger partial charge in [0.15, 0.2) is 12.2 Å².